The Morgan fingerprint density at radius 1 is 1.26 bits per heavy atom. The van der Waals surface area contributed by atoms with Gasteiger partial charge in [-0.3, -0.25) is 14.9 Å². The van der Waals surface area contributed by atoms with Gasteiger partial charge in [-0.1, -0.05) is 0 Å². The second kappa shape index (κ2) is 8.46. The lowest BCUT2D eigenvalue weighted by Gasteiger charge is -2.57. The monoisotopic (exact) mass is 468 g/mol. The first-order valence-electron chi connectivity index (χ1n) is 11.8. The van der Waals surface area contributed by atoms with Crippen LogP contribution < -0.4 is 5.32 Å². The molecule has 6 rings (SSSR count). The maximum Gasteiger partial charge on any atom is 0.410 e. The summed E-state index contributed by atoms with van der Waals surface area (Å²) in [7, 11) is 1.45. The molecule has 2 unspecified atom stereocenters. The maximum atomic E-state index is 13.0. The molecular weight excluding hydrogens is 440 g/mol. The predicted octanol–water partition coefficient (Wildman–Crippen LogP) is 3.46. The molecule has 3 atom stereocenters. The van der Waals surface area contributed by atoms with Crippen molar-refractivity contribution in [3.05, 3.63) is 33.9 Å². The van der Waals surface area contributed by atoms with E-state index in [4.69, 9.17) is 14.7 Å². The van der Waals surface area contributed by atoms with E-state index >= 15 is 0 Å². The summed E-state index contributed by atoms with van der Waals surface area (Å²) in [5.74, 6) is 0.747. The molecule has 5 aliphatic rings. The van der Waals surface area contributed by atoms with Crippen molar-refractivity contribution in [2.45, 2.75) is 50.7 Å². The molecule has 4 bridgehead atoms. The first-order chi connectivity index (χ1) is 16.3. The number of nitro groups is 1. The van der Waals surface area contributed by atoms with Crippen molar-refractivity contribution in [2.75, 3.05) is 25.5 Å². The van der Waals surface area contributed by atoms with E-state index in [-0.39, 0.29) is 47.3 Å². The van der Waals surface area contributed by atoms with Crippen molar-refractivity contribution in [1.29, 1.82) is 5.26 Å². The van der Waals surface area contributed by atoms with Crippen LogP contribution in [0, 0.1) is 44.6 Å². The Hall–Kier alpha value is -3.35. The number of nitriles is 1. The minimum absolute atomic E-state index is 0.123. The Kier molecular flexibility index (Phi) is 5.58. The van der Waals surface area contributed by atoms with Gasteiger partial charge in [-0.25, -0.2) is 4.79 Å². The molecule has 4 saturated carbocycles. The summed E-state index contributed by atoms with van der Waals surface area (Å²) in [6.45, 7) is 0.879. The molecule has 180 valence electrons. The maximum absolute atomic E-state index is 13.0. The summed E-state index contributed by atoms with van der Waals surface area (Å²) in [4.78, 5) is 38.0. The van der Waals surface area contributed by atoms with Crippen LogP contribution in [-0.2, 0) is 14.3 Å². The number of amides is 1. The van der Waals surface area contributed by atoms with Gasteiger partial charge in [0.1, 0.15) is 11.8 Å². The highest BCUT2D eigenvalue weighted by Crippen LogP contribution is 2.61. The molecule has 1 saturated heterocycles. The van der Waals surface area contributed by atoms with Gasteiger partial charge in [-0.05, 0) is 68.4 Å². The number of hydrogen-bond acceptors (Lipinski definition) is 8. The summed E-state index contributed by atoms with van der Waals surface area (Å²) in [6, 6.07) is 6.07. The largest absolute Gasteiger partial charge is 0.469 e. The molecule has 1 aromatic carbocycles. The molecule has 0 aromatic heterocycles. The van der Waals surface area contributed by atoms with Crippen molar-refractivity contribution in [1.82, 2.24) is 4.90 Å². The fourth-order valence-electron chi connectivity index (χ4n) is 6.97. The third-order valence-corrected chi connectivity index (χ3v) is 8.17. The lowest BCUT2D eigenvalue weighted by Crippen LogP contribution is -2.58. The number of anilines is 1. The summed E-state index contributed by atoms with van der Waals surface area (Å²) < 4.78 is 11.1. The molecule has 10 nitrogen and oxygen atoms in total. The van der Waals surface area contributed by atoms with Crippen LogP contribution >= 0.6 is 0 Å². The smallest absolute Gasteiger partial charge is 0.410 e. The molecule has 1 heterocycles. The van der Waals surface area contributed by atoms with E-state index in [1.165, 1.54) is 25.3 Å². The van der Waals surface area contributed by atoms with E-state index < -0.39 is 10.3 Å². The molecule has 5 fully saturated rings. The highest BCUT2D eigenvalue weighted by Gasteiger charge is 2.60. The second-order valence-electron chi connectivity index (χ2n) is 10.3. The Bertz CT molecular complexity index is 1050. The number of hydrogen-bond donors (Lipinski definition) is 1. The highest BCUT2D eigenvalue weighted by atomic mass is 16.6. The van der Waals surface area contributed by atoms with Gasteiger partial charge in [0.15, 0.2) is 0 Å². The van der Waals surface area contributed by atoms with E-state index in [2.05, 4.69) is 5.32 Å². The number of rotatable bonds is 5. The minimum Gasteiger partial charge on any atom is -0.469 e. The van der Waals surface area contributed by atoms with Gasteiger partial charge in [0.25, 0.3) is 5.69 Å². The lowest BCUT2D eigenvalue weighted by molar-refractivity contribution is -0.384. The molecule has 34 heavy (non-hydrogen) atoms. The van der Waals surface area contributed by atoms with Crippen LogP contribution in [0.15, 0.2) is 18.2 Å². The number of nitrogens with one attached hydrogen (secondary N) is 1. The molecule has 1 amide bonds. The molecule has 0 radical (unpaired) electrons. The zero-order valence-electron chi connectivity index (χ0n) is 19.1. The normalized spacial score (nSPS) is 33.3. The second-order valence-corrected chi connectivity index (χ2v) is 10.3. The summed E-state index contributed by atoms with van der Waals surface area (Å²) in [5.41, 5.74) is -0.0165. The Labute approximate surface area is 197 Å². The van der Waals surface area contributed by atoms with Gasteiger partial charge >= 0.3 is 12.1 Å². The van der Waals surface area contributed by atoms with Crippen LogP contribution in [0.4, 0.5) is 16.2 Å². The summed E-state index contributed by atoms with van der Waals surface area (Å²) in [6.07, 6.45) is 4.40. The van der Waals surface area contributed by atoms with E-state index in [0.717, 1.165) is 32.1 Å². The molecule has 4 aliphatic carbocycles. The number of carbonyl (C=O) groups excluding carboxylic acids is 2. The van der Waals surface area contributed by atoms with Crippen LogP contribution in [-0.4, -0.2) is 54.2 Å². The topological polar surface area (TPSA) is 135 Å². The van der Waals surface area contributed by atoms with Gasteiger partial charge in [0, 0.05) is 25.2 Å². The molecule has 0 spiro atoms. The number of nitrogens with zero attached hydrogens (tertiary/aromatic N) is 3. The number of likely N-dealkylation sites (tertiary alicyclic amines) is 1. The van der Waals surface area contributed by atoms with Crippen LogP contribution in [0.5, 0.6) is 0 Å². The zero-order chi connectivity index (χ0) is 24.0. The van der Waals surface area contributed by atoms with E-state index in [1.54, 1.807) is 4.90 Å². The fourth-order valence-corrected chi connectivity index (χ4v) is 6.97. The number of carbonyl (C=O) groups is 2. The lowest BCUT2D eigenvalue weighted by atomic mass is 9.48. The van der Waals surface area contributed by atoms with Gasteiger partial charge in [-0.2, -0.15) is 5.26 Å². The van der Waals surface area contributed by atoms with E-state index in [0.29, 0.717) is 31.1 Å². The van der Waals surface area contributed by atoms with Crippen molar-refractivity contribution >= 4 is 23.4 Å². The average Bonchev–Trinajstić information content (AvgIpc) is 3.29. The molecule has 1 aromatic rings. The SMILES string of the molecule is COC(=O)[C@]12CC3CC(C1)[C@@H](OC(=O)N1CC[C@@H](Nc4ccc(C#N)cc4[N+](=O)[O-])C1)C(C3)C2. The number of methoxy groups -OCH3 is 1. The molecular formula is C24H28N4O6. The molecule has 1 N–H and O–H groups in total. The molecule has 10 heteroatoms. The molecule has 1 aliphatic heterocycles. The summed E-state index contributed by atoms with van der Waals surface area (Å²) in [5, 5.41) is 23.6. The Balaban J connectivity index is 1.21. The van der Waals surface area contributed by atoms with Crippen molar-refractivity contribution in [3.8, 4) is 6.07 Å². The number of esters is 1. The van der Waals surface area contributed by atoms with Gasteiger partial charge in [0.05, 0.1) is 29.1 Å². The van der Waals surface area contributed by atoms with Crippen LogP contribution in [0.25, 0.3) is 0 Å². The van der Waals surface area contributed by atoms with Crippen molar-refractivity contribution < 1.29 is 24.0 Å². The van der Waals surface area contributed by atoms with Crippen molar-refractivity contribution in [2.24, 2.45) is 23.2 Å². The van der Waals surface area contributed by atoms with Crippen LogP contribution in [0.3, 0.4) is 0 Å². The number of benzene rings is 1. The zero-order valence-corrected chi connectivity index (χ0v) is 19.1. The standard InChI is InChI=1S/C24H28N4O6/c1-33-22(29)24-9-15-6-16(10-24)21(17(7-15)11-24)34-23(30)27-5-4-18(13-27)26-19-3-2-14(12-25)8-20(19)28(31)32/h2-3,8,15-18,21,26H,4-7,9-11,13H2,1H3/t15?,16?,17?,18-,21-,24-/m1/s1. The van der Waals surface area contributed by atoms with Crippen molar-refractivity contribution in [3.63, 3.8) is 0 Å². The van der Waals surface area contributed by atoms with E-state index in [1.807, 2.05) is 6.07 Å². The summed E-state index contributed by atoms with van der Waals surface area (Å²) >= 11 is 0. The van der Waals surface area contributed by atoms with Gasteiger partial charge in [0.2, 0.25) is 0 Å². The number of nitro benzene ring substituents is 1. The van der Waals surface area contributed by atoms with Gasteiger partial charge in [-0.15, -0.1) is 0 Å². The first kappa shape index (κ1) is 22.4. The fraction of sp³-hybridized carbons (Fsp3) is 0.625. The predicted molar refractivity (Wildman–Crippen MR) is 120 cm³/mol. The Morgan fingerprint density at radius 3 is 2.65 bits per heavy atom. The third kappa shape index (κ3) is 3.83. The van der Waals surface area contributed by atoms with Gasteiger partial charge < -0.3 is 19.7 Å². The highest BCUT2D eigenvalue weighted by molar-refractivity contribution is 5.77. The van der Waals surface area contributed by atoms with Crippen LogP contribution in [0.2, 0.25) is 0 Å². The number of ether oxygens (including phenoxy) is 2. The third-order valence-electron chi connectivity index (χ3n) is 8.17. The average molecular weight is 469 g/mol. The van der Waals surface area contributed by atoms with Crippen LogP contribution in [0.1, 0.15) is 44.1 Å². The quantitative estimate of drug-likeness (QED) is 0.394. The van der Waals surface area contributed by atoms with E-state index in [9.17, 15) is 19.7 Å². The minimum atomic E-state index is -0.516. The first-order valence-corrected chi connectivity index (χ1v) is 11.8. The Morgan fingerprint density at radius 2 is 2.00 bits per heavy atom.